The van der Waals surface area contributed by atoms with E-state index >= 15 is 0 Å². The smallest absolute Gasteiger partial charge is 0.271 e. The third-order valence-electron chi connectivity index (χ3n) is 3.66. The second kappa shape index (κ2) is 5.15. The minimum absolute atomic E-state index is 0.0166. The second-order valence-electron chi connectivity index (χ2n) is 5.16. The normalized spacial score (nSPS) is 18.9. The molecule has 0 fully saturated rings. The van der Waals surface area contributed by atoms with Crippen LogP contribution in [0.3, 0.4) is 0 Å². The summed E-state index contributed by atoms with van der Waals surface area (Å²) in [5.74, 6) is -4.21. The lowest BCUT2D eigenvalue weighted by Gasteiger charge is -2.35. The Morgan fingerprint density at radius 1 is 1.13 bits per heavy atom. The molecule has 0 aliphatic carbocycles. The van der Waals surface area contributed by atoms with Crippen LogP contribution >= 0.6 is 0 Å². The van der Waals surface area contributed by atoms with E-state index in [4.69, 9.17) is 9.47 Å². The fraction of sp³-hybridized carbons (Fsp3) is 0.188. The predicted octanol–water partition coefficient (Wildman–Crippen LogP) is 1.10. The number of methoxy groups -OCH3 is 1. The van der Waals surface area contributed by atoms with Gasteiger partial charge in [-0.3, -0.25) is 4.79 Å². The predicted molar refractivity (Wildman–Crippen MR) is 77.6 cm³/mol. The van der Waals surface area contributed by atoms with Gasteiger partial charge in [0.2, 0.25) is 5.78 Å². The topological polar surface area (TPSA) is 116 Å². The highest BCUT2D eigenvalue weighted by atomic mass is 16.6. The van der Waals surface area contributed by atoms with Gasteiger partial charge >= 0.3 is 0 Å². The van der Waals surface area contributed by atoms with Crippen LogP contribution in [-0.2, 0) is 0 Å². The third-order valence-corrected chi connectivity index (χ3v) is 3.66. The van der Waals surface area contributed by atoms with Crippen molar-refractivity contribution in [3.63, 3.8) is 0 Å². The average Bonchev–Trinajstić information content (AvgIpc) is 2.51. The van der Waals surface area contributed by atoms with Gasteiger partial charge in [0.25, 0.3) is 5.79 Å². The summed E-state index contributed by atoms with van der Waals surface area (Å²) >= 11 is 0. The molecule has 2 aromatic carbocycles. The molecule has 23 heavy (non-hydrogen) atoms. The molecule has 0 aromatic heterocycles. The van der Waals surface area contributed by atoms with Crippen LogP contribution in [0.5, 0.6) is 23.0 Å². The number of rotatable bonds is 2. The lowest BCUT2D eigenvalue weighted by molar-refractivity contribution is -0.186. The highest BCUT2D eigenvalue weighted by Crippen LogP contribution is 2.45. The first-order chi connectivity index (χ1) is 10.8. The minimum atomic E-state index is -2.87. The van der Waals surface area contributed by atoms with Gasteiger partial charge in [0.15, 0.2) is 6.10 Å². The Balaban J connectivity index is 2.13. The third kappa shape index (κ3) is 2.36. The van der Waals surface area contributed by atoms with E-state index in [1.54, 1.807) is 0 Å². The van der Waals surface area contributed by atoms with Gasteiger partial charge in [-0.25, -0.2) is 0 Å². The fourth-order valence-electron chi connectivity index (χ4n) is 2.48. The van der Waals surface area contributed by atoms with Crippen molar-refractivity contribution in [1.82, 2.24) is 0 Å². The average molecular weight is 318 g/mol. The van der Waals surface area contributed by atoms with Crippen molar-refractivity contribution in [2.75, 3.05) is 7.11 Å². The number of aliphatic hydroxyl groups is 2. The van der Waals surface area contributed by atoms with Crippen molar-refractivity contribution in [3.8, 4) is 23.0 Å². The summed E-state index contributed by atoms with van der Waals surface area (Å²) in [6.45, 7) is 0. The van der Waals surface area contributed by atoms with Crippen LogP contribution in [0, 0.1) is 0 Å². The number of phenolic OH excluding ortho intramolecular Hbond substituents is 2. The van der Waals surface area contributed by atoms with Gasteiger partial charge in [-0.1, -0.05) is 12.1 Å². The zero-order valence-electron chi connectivity index (χ0n) is 12.1. The SMILES string of the molecule is COc1cc(O)c2c(c1)OC(c1ccc(O)cc1)C(O)(O)C2=O. The summed E-state index contributed by atoms with van der Waals surface area (Å²) in [6.07, 6.45) is -1.42. The molecule has 0 amide bonds. The summed E-state index contributed by atoms with van der Waals surface area (Å²) < 4.78 is 10.5. The molecule has 3 rings (SSSR count). The quantitative estimate of drug-likeness (QED) is 0.613. The number of aromatic hydroxyl groups is 2. The second-order valence-corrected chi connectivity index (χ2v) is 5.16. The number of Topliss-reactive ketones (excluding diaryl/α,β-unsaturated/α-hetero) is 1. The summed E-state index contributed by atoms with van der Waals surface area (Å²) in [5.41, 5.74) is -0.0556. The lowest BCUT2D eigenvalue weighted by atomic mass is 9.90. The van der Waals surface area contributed by atoms with Gasteiger partial charge in [-0.15, -0.1) is 0 Å². The van der Waals surface area contributed by atoms with E-state index in [-0.39, 0.29) is 28.4 Å². The first-order valence-electron chi connectivity index (χ1n) is 6.70. The number of carbonyl (C=O) groups is 1. The first-order valence-corrected chi connectivity index (χ1v) is 6.70. The van der Waals surface area contributed by atoms with Crippen LogP contribution in [0.4, 0.5) is 0 Å². The van der Waals surface area contributed by atoms with Crippen molar-refractivity contribution in [1.29, 1.82) is 0 Å². The number of ketones is 1. The Kier molecular flexibility index (Phi) is 3.39. The molecule has 0 saturated carbocycles. The molecule has 7 nitrogen and oxygen atoms in total. The maximum atomic E-state index is 12.4. The Labute approximate surface area is 131 Å². The Bertz CT molecular complexity index is 765. The van der Waals surface area contributed by atoms with Gasteiger partial charge in [-0.2, -0.15) is 0 Å². The summed E-state index contributed by atoms with van der Waals surface area (Å²) in [4.78, 5) is 12.4. The highest BCUT2D eigenvalue weighted by Gasteiger charge is 2.51. The standard InChI is InChI=1S/C16H14O7/c1-22-10-6-11(18)13-12(7-10)23-15(16(20,21)14(13)19)8-2-4-9(17)5-3-8/h2-7,15,17-18,20-21H,1H3. The van der Waals surface area contributed by atoms with E-state index in [1.807, 2.05) is 0 Å². The summed E-state index contributed by atoms with van der Waals surface area (Å²) in [5, 5.41) is 39.6. The number of phenols is 2. The maximum Gasteiger partial charge on any atom is 0.271 e. The van der Waals surface area contributed by atoms with Crippen LogP contribution in [0.1, 0.15) is 22.0 Å². The number of carbonyl (C=O) groups excluding carboxylic acids is 1. The van der Waals surface area contributed by atoms with Gasteiger partial charge in [0.05, 0.1) is 7.11 Å². The molecule has 0 radical (unpaired) electrons. The minimum Gasteiger partial charge on any atom is -0.508 e. The van der Waals surface area contributed by atoms with E-state index in [1.165, 1.54) is 43.5 Å². The molecule has 1 heterocycles. The number of hydrogen-bond donors (Lipinski definition) is 4. The first kappa shape index (κ1) is 15.1. The fourth-order valence-corrected chi connectivity index (χ4v) is 2.48. The zero-order chi connectivity index (χ0) is 16.8. The van der Waals surface area contributed by atoms with Crippen molar-refractivity contribution >= 4 is 5.78 Å². The van der Waals surface area contributed by atoms with Crippen molar-refractivity contribution in [2.45, 2.75) is 11.9 Å². The number of benzene rings is 2. The molecular weight excluding hydrogens is 304 g/mol. The van der Waals surface area contributed by atoms with E-state index in [0.29, 0.717) is 0 Å². The van der Waals surface area contributed by atoms with Gasteiger partial charge in [0.1, 0.15) is 28.6 Å². The van der Waals surface area contributed by atoms with Crippen LogP contribution in [0.25, 0.3) is 0 Å². The maximum absolute atomic E-state index is 12.4. The van der Waals surface area contributed by atoms with Crippen LogP contribution in [0.15, 0.2) is 36.4 Å². The monoisotopic (exact) mass is 318 g/mol. The molecule has 120 valence electrons. The molecule has 1 aliphatic rings. The van der Waals surface area contributed by atoms with E-state index in [2.05, 4.69) is 0 Å². The van der Waals surface area contributed by atoms with E-state index in [9.17, 15) is 25.2 Å². The Hall–Kier alpha value is -2.77. The molecule has 1 atom stereocenters. The number of hydrogen-bond acceptors (Lipinski definition) is 7. The molecule has 2 aromatic rings. The Morgan fingerprint density at radius 2 is 1.78 bits per heavy atom. The van der Waals surface area contributed by atoms with Crippen LogP contribution in [-0.4, -0.2) is 39.1 Å². The van der Waals surface area contributed by atoms with Crippen molar-refractivity contribution < 1.29 is 34.7 Å². The van der Waals surface area contributed by atoms with Crippen molar-refractivity contribution in [3.05, 3.63) is 47.5 Å². The van der Waals surface area contributed by atoms with Crippen LogP contribution in [0.2, 0.25) is 0 Å². The van der Waals surface area contributed by atoms with Crippen LogP contribution < -0.4 is 9.47 Å². The highest BCUT2D eigenvalue weighted by molar-refractivity contribution is 6.07. The summed E-state index contributed by atoms with van der Waals surface area (Å²) in [6, 6.07) is 8.02. The molecule has 0 saturated heterocycles. The largest absolute Gasteiger partial charge is 0.508 e. The molecule has 0 bridgehead atoms. The molecular formula is C16H14O7. The number of ether oxygens (including phenoxy) is 2. The Morgan fingerprint density at radius 3 is 2.39 bits per heavy atom. The van der Waals surface area contributed by atoms with Gasteiger partial charge < -0.3 is 29.9 Å². The summed E-state index contributed by atoms with van der Waals surface area (Å²) in [7, 11) is 1.38. The molecule has 1 unspecified atom stereocenters. The van der Waals surface area contributed by atoms with Gasteiger partial charge in [-0.05, 0) is 17.7 Å². The zero-order valence-corrected chi connectivity index (χ0v) is 12.1. The molecule has 4 N–H and O–H groups in total. The van der Waals surface area contributed by atoms with E-state index in [0.717, 1.165) is 0 Å². The number of fused-ring (bicyclic) bond motifs is 1. The van der Waals surface area contributed by atoms with Crippen molar-refractivity contribution in [2.24, 2.45) is 0 Å². The van der Waals surface area contributed by atoms with Gasteiger partial charge in [0, 0.05) is 12.1 Å². The molecule has 0 spiro atoms. The van der Waals surface area contributed by atoms with E-state index < -0.39 is 23.4 Å². The molecule has 7 heteroatoms. The molecule has 1 aliphatic heterocycles. The lowest BCUT2D eigenvalue weighted by Crippen LogP contribution is -2.49.